The number of benzene rings is 2. The van der Waals surface area contributed by atoms with Crippen LogP contribution in [0.15, 0.2) is 59.8 Å². The highest BCUT2D eigenvalue weighted by Crippen LogP contribution is 2.40. The van der Waals surface area contributed by atoms with E-state index in [-0.39, 0.29) is 28.1 Å². The van der Waals surface area contributed by atoms with Gasteiger partial charge < -0.3 is 9.64 Å². The van der Waals surface area contributed by atoms with Crippen LogP contribution < -0.4 is 14.4 Å². The molecule has 0 radical (unpaired) electrons. The van der Waals surface area contributed by atoms with Crippen LogP contribution in [0.25, 0.3) is 11.3 Å². The lowest BCUT2D eigenvalue weighted by Gasteiger charge is -2.36. The average molecular weight is 655 g/mol. The van der Waals surface area contributed by atoms with Crippen LogP contribution in [0, 0.1) is 32.1 Å². The third kappa shape index (κ3) is 7.12. The molecule has 4 bridgehead atoms. The highest BCUT2D eigenvalue weighted by molar-refractivity contribution is 7.92. The summed E-state index contributed by atoms with van der Waals surface area (Å²) in [5.74, 6) is 1.15. The van der Waals surface area contributed by atoms with E-state index in [1.807, 2.05) is 63.5 Å². The lowest BCUT2D eigenvalue weighted by Crippen LogP contribution is -2.37. The summed E-state index contributed by atoms with van der Waals surface area (Å²) in [5, 5.41) is 0. The topological polar surface area (TPSA) is 110 Å². The van der Waals surface area contributed by atoms with E-state index < -0.39 is 10.0 Å². The zero-order valence-corrected chi connectivity index (χ0v) is 29.4. The molecule has 10 heteroatoms. The van der Waals surface area contributed by atoms with E-state index in [1.54, 1.807) is 12.1 Å². The molecule has 47 heavy (non-hydrogen) atoms. The van der Waals surface area contributed by atoms with Gasteiger partial charge in [0.05, 0.1) is 29.1 Å². The summed E-state index contributed by atoms with van der Waals surface area (Å²) in [6, 6.07) is 13.8. The maximum Gasteiger partial charge on any atom is 0.264 e. The molecule has 1 aliphatic heterocycles. The number of ether oxygens (including phenoxy) is 1. The van der Waals surface area contributed by atoms with Crippen LogP contribution in [0.3, 0.4) is 0 Å². The second-order valence-corrected chi connectivity index (χ2v) is 16.2. The number of rotatable bonds is 6. The standard InChI is InChI=1S/C37H46N6O3S/c1-23-11-8-12-24(2)33(23)34-25(3)35-41-36(40-34)42-47(44,45)30-16-9-13-26(17-30)31(27(22-46-35)19-37(4,5)6)18-28-20-38-21-32(39-28)43(7)29-14-10-15-29/h8-9,11-13,16-17,20-21,27,29,31H,10,14-15,18-19,22H2,1-7H3,(H,40,41,42)/t27-,31?/m1/s1. The lowest BCUT2D eigenvalue weighted by atomic mass is 9.74. The summed E-state index contributed by atoms with van der Waals surface area (Å²) < 4.78 is 37.1. The molecule has 1 unspecified atom stereocenters. The second kappa shape index (κ2) is 12.9. The molecule has 6 rings (SSSR count). The van der Waals surface area contributed by atoms with E-state index in [4.69, 9.17) is 14.7 Å². The second-order valence-electron chi connectivity index (χ2n) is 14.5. The number of aromatic nitrogens is 4. The molecule has 3 heterocycles. The summed E-state index contributed by atoms with van der Waals surface area (Å²) >= 11 is 0. The fourth-order valence-corrected chi connectivity index (χ4v) is 7.90. The van der Waals surface area contributed by atoms with E-state index in [1.165, 1.54) is 19.3 Å². The predicted octanol–water partition coefficient (Wildman–Crippen LogP) is 7.42. The zero-order chi connectivity index (χ0) is 33.5. The first-order valence-electron chi connectivity index (χ1n) is 16.5. The minimum Gasteiger partial charge on any atom is -0.477 e. The molecular weight excluding hydrogens is 609 g/mol. The van der Waals surface area contributed by atoms with Crippen molar-refractivity contribution in [1.82, 2.24) is 19.9 Å². The third-order valence-corrected chi connectivity index (χ3v) is 10.9. The van der Waals surface area contributed by atoms with Gasteiger partial charge in [0.2, 0.25) is 11.8 Å². The molecule has 9 nitrogen and oxygen atoms in total. The Labute approximate surface area is 279 Å². The Bertz CT molecular complexity index is 1860. The molecule has 2 aliphatic rings. The first kappa shape index (κ1) is 32.9. The third-order valence-electron chi connectivity index (χ3n) is 9.60. The van der Waals surface area contributed by atoms with Gasteiger partial charge in [-0.3, -0.25) is 4.98 Å². The number of sulfonamides is 1. The number of fused-ring (bicyclic) bond motifs is 4. The Hall–Kier alpha value is -4.05. The van der Waals surface area contributed by atoms with Gasteiger partial charge in [-0.2, -0.15) is 4.98 Å². The van der Waals surface area contributed by atoms with Crippen molar-refractivity contribution in [3.05, 3.63) is 82.8 Å². The number of nitrogens with zero attached hydrogens (tertiary/aromatic N) is 5. The summed E-state index contributed by atoms with van der Waals surface area (Å²) in [6.45, 7) is 13.1. The number of hydrogen-bond acceptors (Lipinski definition) is 8. The van der Waals surface area contributed by atoms with Gasteiger partial charge in [-0.05, 0) is 93.0 Å². The van der Waals surface area contributed by atoms with Crippen molar-refractivity contribution >= 4 is 21.8 Å². The summed E-state index contributed by atoms with van der Waals surface area (Å²) in [4.78, 5) is 21.4. The van der Waals surface area contributed by atoms with Gasteiger partial charge in [-0.25, -0.2) is 23.1 Å². The van der Waals surface area contributed by atoms with Gasteiger partial charge in [0.15, 0.2) is 0 Å². The van der Waals surface area contributed by atoms with E-state index in [0.29, 0.717) is 30.6 Å². The summed E-state index contributed by atoms with van der Waals surface area (Å²) in [6.07, 6.45) is 8.67. The SMILES string of the molecule is Cc1cccc(C)c1-c1nc2nc(c1C)OC[C@@H](CC(C)(C)C)C(Cc1cncc(N(C)C3CCC3)n1)c1cccc(c1)S(=O)(=O)N2. The van der Waals surface area contributed by atoms with Crippen LogP contribution in [0.4, 0.5) is 11.8 Å². The Morgan fingerprint density at radius 1 is 0.979 bits per heavy atom. The Balaban J connectivity index is 1.47. The maximum atomic E-state index is 13.9. The molecule has 0 amide bonds. The number of nitrogens with one attached hydrogen (secondary N) is 1. The molecule has 1 saturated carbocycles. The average Bonchev–Trinajstić information content (AvgIpc) is 2.98. The molecule has 0 saturated heterocycles. The van der Waals surface area contributed by atoms with Crippen LogP contribution in [0.1, 0.15) is 80.3 Å². The summed E-state index contributed by atoms with van der Waals surface area (Å²) in [5.41, 5.74) is 6.21. The van der Waals surface area contributed by atoms with Crippen LogP contribution in [-0.4, -0.2) is 48.1 Å². The van der Waals surface area contributed by atoms with Crippen molar-refractivity contribution in [3.8, 4) is 17.1 Å². The lowest BCUT2D eigenvalue weighted by molar-refractivity contribution is 0.165. The molecule has 1 fully saturated rings. The van der Waals surface area contributed by atoms with Crippen molar-refractivity contribution in [1.29, 1.82) is 0 Å². The van der Waals surface area contributed by atoms with E-state index in [0.717, 1.165) is 45.7 Å². The molecular formula is C37H46N6O3S. The normalized spacial score (nSPS) is 19.4. The molecule has 2 atom stereocenters. The van der Waals surface area contributed by atoms with Gasteiger partial charge in [0.1, 0.15) is 5.82 Å². The van der Waals surface area contributed by atoms with Gasteiger partial charge in [-0.1, -0.05) is 51.1 Å². The molecule has 0 spiro atoms. The maximum absolute atomic E-state index is 13.9. The molecule has 1 aliphatic carbocycles. The Morgan fingerprint density at radius 3 is 2.38 bits per heavy atom. The molecule has 248 valence electrons. The highest BCUT2D eigenvalue weighted by atomic mass is 32.2. The minimum atomic E-state index is -4.02. The number of anilines is 2. The highest BCUT2D eigenvalue weighted by Gasteiger charge is 2.32. The van der Waals surface area contributed by atoms with Gasteiger partial charge in [0.25, 0.3) is 10.0 Å². The van der Waals surface area contributed by atoms with Crippen LogP contribution in [-0.2, 0) is 16.4 Å². The fourth-order valence-electron chi connectivity index (χ4n) is 6.90. The molecule has 2 aromatic heterocycles. The van der Waals surface area contributed by atoms with Crippen molar-refractivity contribution in [2.45, 2.75) is 90.5 Å². The molecule has 2 aromatic carbocycles. The van der Waals surface area contributed by atoms with E-state index >= 15 is 0 Å². The predicted molar refractivity (Wildman–Crippen MR) is 187 cm³/mol. The largest absolute Gasteiger partial charge is 0.477 e. The monoisotopic (exact) mass is 654 g/mol. The van der Waals surface area contributed by atoms with Crippen LogP contribution >= 0.6 is 0 Å². The van der Waals surface area contributed by atoms with Gasteiger partial charge in [-0.15, -0.1) is 0 Å². The van der Waals surface area contributed by atoms with Gasteiger partial charge in [0, 0.05) is 36.3 Å². The van der Waals surface area contributed by atoms with Gasteiger partial charge >= 0.3 is 0 Å². The zero-order valence-electron chi connectivity index (χ0n) is 28.5. The van der Waals surface area contributed by atoms with Crippen molar-refractivity contribution in [2.75, 3.05) is 23.3 Å². The van der Waals surface area contributed by atoms with Crippen molar-refractivity contribution in [2.24, 2.45) is 11.3 Å². The number of hydrogen-bond donors (Lipinski definition) is 1. The fraction of sp³-hybridized carbons (Fsp3) is 0.459. The van der Waals surface area contributed by atoms with Crippen LogP contribution in [0.2, 0.25) is 0 Å². The quantitative estimate of drug-likeness (QED) is 0.229. The Morgan fingerprint density at radius 2 is 1.70 bits per heavy atom. The van der Waals surface area contributed by atoms with E-state index in [9.17, 15) is 8.42 Å². The van der Waals surface area contributed by atoms with E-state index in [2.05, 4.69) is 47.4 Å². The first-order chi connectivity index (χ1) is 22.3. The number of aryl methyl sites for hydroxylation is 2. The summed E-state index contributed by atoms with van der Waals surface area (Å²) in [7, 11) is -1.92. The first-order valence-corrected chi connectivity index (χ1v) is 18.0. The minimum absolute atomic E-state index is 0.0108. The van der Waals surface area contributed by atoms with Crippen molar-refractivity contribution in [3.63, 3.8) is 0 Å². The molecule has 4 aromatic rings. The van der Waals surface area contributed by atoms with Crippen LogP contribution in [0.5, 0.6) is 5.88 Å². The Kier molecular flexibility index (Phi) is 9.00. The smallest absolute Gasteiger partial charge is 0.264 e. The van der Waals surface area contributed by atoms with Crippen molar-refractivity contribution < 1.29 is 13.2 Å². The molecule has 1 N–H and O–H groups in total.